The highest BCUT2D eigenvalue weighted by Crippen LogP contribution is 2.49. The third-order valence-electron chi connectivity index (χ3n) is 5.94. The van der Waals surface area contributed by atoms with E-state index in [9.17, 15) is 0 Å². The Kier molecular flexibility index (Phi) is 5.33. The second-order valence-electron chi connectivity index (χ2n) is 8.64. The van der Waals surface area contributed by atoms with Crippen LogP contribution < -0.4 is 15.2 Å². The summed E-state index contributed by atoms with van der Waals surface area (Å²) in [5.74, 6) is 1.90. The van der Waals surface area contributed by atoms with Gasteiger partial charge in [-0.15, -0.1) is 0 Å². The molecule has 3 N–H and O–H groups in total. The molecule has 1 heterocycles. The first-order chi connectivity index (χ1) is 14.4. The lowest BCUT2D eigenvalue weighted by atomic mass is 9.71. The van der Waals surface area contributed by atoms with Crippen LogP contribution >= 0.6 is 0 Å². The van der Waals surface area contributed by atoms with Gasteiger partial charge in [0.1, 0.15) is 18.8 Å². The maximum absolute atomic E-state index is 8.97. The van der Waals surface area contributed by atoms with Crippen LogP contribution in [-0.2, 0) is 11.8 Å². The molecular weight excluding hydrogens is 378 g/mol. The topological polar surface area (TPSA) is 118 Å². The first-order valence-electron chi connectivity index (χ1n) is 10.4. The van der Waals surface area contributed by atoms with Crippen LogP contribution in [0.2, 0.25) is 0 Å². The Hall–Kier alpha value is -3.14. The van der Waals surface area contributed by atoms with Crippen LogP contribution in [0.5, 0.6) is 11.5 Å². The van der Waals surface area contributed by atoms with Crippen LogP contribution in [0.3, 0.4) is 0 Å². The van der Waals surface area contributed by atoms with Crippen LogP contribution in [0.15, 0.2) is 18.5 Å². The normalized spacial score (nSPS) is 19.4. The number of nitrogens with two attached hydrogens (primary N) is 1. The molecule has 7 nitrogen and oxygen atoms in total. The van der Waals surface area contributed by atoms with Crippen LogP contribution in [-0.4, -0.2) is 28.4 Å². The van der Waals surface area contributed by atoms with Gasteiger partial charge < -0.3 is 20.6 Å². The molecule has 0 aliphatic heterocycles. The highest BCUT2D eigenvalue weighted by molar-refractivity contribution is 5.82. The van der Waals surface area contributed by atoms with Crippen LogP contribution in [0.1, 0.15) is 57.1 Å². The standard InChI is InChI=1S/C23H27N5O2/c1-23(2)12-17-16(20-19(23)22(26)28-13-27-20)8-9-18(21(17)29-11-3-10-24)30-15-6-4-14(25)5-7-15/h8-9,13,15,25H,3-7,11-12H2,1-2H3,(H2,26,27,28). The fourth-order valence-electron chi connectivity index (χ4n) is 4.49. The summed E-state index contributed by atoms with van der Waals surface area (Å²) in [4.78, 5) is 8.75. The summed E-state index contributed by atoms with van der Waals surface area (Å²) < 4.78 is 12.5. The molecule has 0 bridgehead atoms. The second kappa shape index (κ2) is 7.94. The van der Waals surface area contributed by atoms with Gasteiger partial charge in [0.05, 0.1) is 24.3 Å². The molecule has 4 rings (SSSR count). The Morgan fingerprint density at radius 2 is 2.03 bits per heavy atom. The number of nitrogens with one attached hydrogen (secondary N) is 1. The van der Waals surface area contributed by atoms with E-state index < -0.39 is 0 Å². The van der Waals surface area contributed by atoms with Gasteiger partial charge in [-0.25, -0.2) is 9.97 Å². The average Bonchev–Trinajstić information content (AvgIpc) is 2.71. The number of nitriles is 1. The van der Waals surface area contributed by atoms with Crippen molar-refractivity contribution in [2.24, 2.45) is 0 Å². The summed E-state index contributed by atoms with van der Waals surface area (Å²) in [5, 5.41) is 16.8. The zero-order valence-corrected chi connectivity index (χ0v) is 17.5. The molecule has 1 fully saturated rings. The number of aromatic nitrogens is 2. The Labute approximate surface area is 176 Å². The van der Waals surface area contributed by atoms with E-state index in [1.165, 1.54) is 6.33 Å². The number of hydrogen-bond donors (Lipinski definition) is 2. The summed E-state index contributed by atoms with van der Waals surface area (Å²) in [6, 6.07) is 6.09. The minimum absolute atomic E-state index is 0.0670. The lowest BCUT2D eigenvalue weighted by molar-refractivity contribution is 0.167. The van der Waals surface area contributed by atoms with E-state index in [1.807, 2.05) is 12.1 Å². The molecule has 0 spiro atoms. The van der Waals surface area contributed by atoms with Gasteiger partial charge in [0.15, 0.2) is 11.5 Å². The lowest BCUT2D eigenvalue weighted by Crippen LogP contribution is -2.29. The highest BCUT2D eigenvalue weighted by atomic mass is 16.5. The Morgan fingerprint density at radius 3 is 2.77 bits per heavy atom. The van der Waals surface area contributed by atoms with E-state index in [4.69, 9.17) is 25.9 Å². The van der Waals surface area contributed by atoms with Crippen LogP contribution in [0, 0.1) is 16.7 Å². The van der Waals surface area contributed by atoms with Crippen molar-refractivity contribution in [3.05, 3.63) is 29.6 Å². The first kappa shape index (κ1) is 20.1. The second-order valence-corrected chi connectivity index (χ2v) is 8.64. The van der Waals surface area contributed by atoms with E-state index in [0.717, 1.165) is 53.8 Å². The minimum atomic E-state index is -0.264. The fraction of sp³-hybridized carbons (Fsp3) is 0.478. The Bertz CT molecular complexity index is 1010. The molecule has 2 aliphatic carbocycles. The van der Waals surface area contributed by atoms with Crippen molar-refractivity contribution >= 4 is 11.5 Å². The molecule has 0 radical (unpaired) electrons. The van der Waals surface area contributed by atoms with E-state index in [2.05, 4.69) is 29.9 Å². The van der Waals surface area contributed by atoms with E-state index in [0.29, 0.717) is 36.8 Å². The van der Waals surface area contributed by atoms with Crippen molar-refractivity contribution < 1.29 is 9.47 Å². The molecule has 0 unspecified atom stereocenters. The Morgan fingerprint density at radius 1 is 1.27 bits per heavy atom. The van der Waals surface area contributed by atoms with Crippen molar-refractivity contribution in [3.63, 3.8) is 0 Å². The van der Waals surface area contributed by atoms with E-state index in [1.54, 1.807) is 0 Å². The van der Waals surface area contributed by atoms with Gasteiger partial charge in [-0.05, 0) is 49.7 Å². The zero-order chi connectivity index (χ0) is 21.3. The van der Waals surface area contributed by atoms with E-state index in [-0.39, 0.29) is 11.5 Å². The molecular formula is C23H27N5O2. The number of rotatable bonds is 5. The fourth-order valence-corrected chi connectivity index (χ4v) is 4.49. The molecule has 0 saturated heterocycles. The van der Waals surface area contributed by atoms with Crippen molar-refractivity contribution in [2.75, 3.05) is 12.3 Å². The smallest absolute Gasteiger partial charge is 0.165 e. The molecule has 2 aromatic rings. The lowest BCUT2D eigenvalue weighted by Gasteiger charge is -2.35. The number of anilines is 1. The zero-order valence-electron chi connectivity index (χ0n) is 17.5. The molecule has 0 atom stereocenters. The SMILES string of the molecule is CC1(C)Cc2c(ccc(OC3CCC(=N)CC3)c2OCCC#N)-c2ncnc(N)c21. The monoisotopic (exact) mass is 405 g/mol. The van der Waals surface area contributed by atoms with Gasteiger partial charge in [-0.3, -0.25) is 0 Å². The largest absolute Gasteiger partial charge is 0.488 e. The Balaban J connectivity index is 1.77. The van der Waals surface area contributed by atoms with Crippen molar-refractivity contribution in [3.8, 4) is 28.8 Å². The van der Waals surface area contributed by atoms with Crippen molar-refractivity contribution in [2.45, 2.75) is 63.9 Å². The molecule has 0 amide bonds. The number of nitrogens with zero attached hydrogens (tertiary/aromatic N) is 3. The minimum Gasteiger partial charge on any atom is -0.488 e. The van der Waals surface area contributed by atoms with Crippen LogP contribution in [0.4, 0.5) is 5.82 Å². The quantitative estimate of drug-likeness (QED) is 0.720. The summed E-state index contributed by atoms with van der Waals surface area (Å²) in [7, 11) is 0. The molecule has 1 aromatic carbocycles. The van der Waals surface area contributed by atoms with Gasteiger partial charge in [0.2, 0.25) is 0 Å². The van der Waals surface area contributed by atoms with E-state index >= 15 is 0 Å². The van der Waals surface area contributed by atoms with Gasteiger partial charge >= 0.3 is 0 Å². The maximum Gasteiger partial charge on any atom is 0.165 e. The molecule has 156 valence electrons. The average molecular weight is 406 g/mol. The van der Waals surface area contributed by atoms with Crippen LogP contribution in [0.25, 0.3) is 11.3 Å². The summed E-state index contributed by atoms with van der Waals surface area (Å²) in [6.07, 6.45) is 5.81. The predicted octanol–water partition coefficient (Wildman–Crippen LogP) is 4.19. The number of ether oxygens (including phenoxy) is 2. The van der Waals surface area contributed by atoms with Gasteiger partial charge in [-0.1, -0.05) is 13.8 Å². The summed E-state index contributed by atoms with van der Waals surface area (Å²) in [5.41, 5.74) is 10.5. The summed E-state index contributed by atoms with van der Waals surface area (Å²) >= 11 is 0. The molecule has 7 heteroatoms. The van der Waals surface area contributed by atoms with Gasteiger partial charge in [0.25, 0.3) is 0 Å². The molecule has 1 saturated carbocycles. The predicted molar refractivity (Wildman–Crippen MR) is 115 cm³/mol. The molecule has 1 aromatic heterocycles. The molecule has 2 aliphatic rings. The summed E-state index contributed by atoms with van der Waals surface area (Å²) in [6.45, 7) is 4.57. The van der Waals surface area contributed by atoms with Crippen molar-refractivity contribution in [1.82, 2.24) is 9.97 Å². The number of nitrogen functional groups attached to an aromatic ring is 1. The maximum atomic E-state index is 8.97. The number of hydrogen-bond acceptors (Lipinski definition) is 7. The van der Waals surface area contributed by atoms with Crippen molar-refractivity contribution in [1.29, 1.82) is 10.7 Å². The highest BCUT2D eigenvalue weighted by Gasteiger charge is 2.37. The molecule has 30 heavy (non-hydrogen) atoms. The van der Waals surface area contributed by atoms with Gasteiger partial charge in [0, 0.05) is 22.4 Å². The third-order valence-corrected chi connectivity index (χ3v) is 5.94. The number of benzene rings is 1. The van der Waals surface area contributed by atoms with Gasteiger partial charge in [-0.2, -0.15) is 5.26 Å². The third kappa shape index (κ3) is 3.70. The number of fused-ring (bicyclic) bond motifs is 3. The first-order valence-corrected chi connectivity index (χ1v) is 10.4.